The summed E-state index contributed by atoms with van der Waals surface area (Å²) in [5.74, 6) is -1.31. The van der Waals surface area contributed by atoms with Gasteiger partial charge in [-0.2, -0.15) is 0 Å². The van der Waals surface area contributed by atoms with Gasteiger partial charge in [-0.15, -0.1) is 0 Å². The molecule has 1 fully saturated rings. The van der Waals surface area contributed by atoms with Gasteiger partial charge in [0.1, 0.15) is 11.6 Å². The highest BCUT2D eigenvalue weighted by molar-refractivity contribution is 6.32. The molecule has 2 N–H and O–H groups in total. The van der Waals surface area contributed by atoms with E-state index in [2.05, 4.69) is 5.32 Å². The molecule has 0 bridgehead atoms. The Kier molecular flexibility index (Phi) is 7.19. The molecule has 0 unspecified atom stereocenters. The van der Waals surface area contributed by atoms with Crippen LogP contribution in [0.4, 0.5) is 14.5 Å². The summed E-state index contributed by atoms with van der Waals surface area (Å²) in [5.41, 5.74) is 1.48. The van der Waals surface area contributed by atoms with Gasteiger partial charge in [0.05, 0.1) is 36.6 Å². The van der Waals surface area contributed by atoms with E-state index in [-0.39, 0.29) is 17.4 Å². The summed E-state index contributed by atoms with van der Waals surface area (Å²) in [7, 11) is 0. The Morgan fingerprint density at radius 1 is 1.24 bits per heavy atom. The van der Waals surface area contributed by atoms with Crippen LogP contribution in [0.25, 0.3) is 6.08 Å². The third-order valence-electron chi connectivity index (χ3n) is 4.60. The molecule has 1 atom stereocenters. The predicted octanol–water partition coefficient (Wildman–Crippen LogP) is 3.32. The van der Waals surface area contributed by atoms with Crippen LogP contribution in [0, 0.1) is 11.6 Å². The number of aliphatic hydroxyl groups excluding tert-OH is 1. The molecule has 0 aromatic heterocycles. The van der Waals surface area contributed by atoms with E-state index >= 15 is 0 Å². The number of amides is 1. The number of aliphatic hydroxyl groups is 1. The van der Waals surface area contributed by atoms with E-state index in [0.717, 1.165) is 6.07 Å². The van der Waals surface area contributed by atoms with Crippen LogP contribution in [-0.4, -0.2) is 43.9 Å². The molecule has 0 saturated carbocycles. The van der Waals surface area contributed by atoms with Crippen molar-refractivity contribution in [2.24, 2.45) is 0 Å². The van der Waals surface area contributed by atoms with Crippen LogP contribution < -0.4 is 10.2 Å². The van der Waals surface area contributed by atoms with Crippen molar-refractivity contribution in [1.29, 1.82) is 0 Å². The highest BCUT2D eigenvalue weighted by Crippen LogP contribution is 2.25. The molecular weight excluding hydrogens is 402 g/mol. The van der Waals surface area contributed by atoms with Crippen molar-refractivity contribution >= 4 is 29.3 Å². The summed E-state index contributed by atoms with van der Waals surface area (Å²) in [6.45, 7) is 1.81. The van der Waals surface area contributed by atoms with Crippen LogP contribution in [0.1, 0.15) is 17.2 Å². The molecule has 1 aliphatic rings. The number of rotatable bonds is 6. The van der Waals surface area contributed by atoms with Gasteiger partial charge in [-0.3, -0.25) is 4.79 Å². The lowest BCUT2D eigenvalue weighted by Gasteiger charge is -2.30. The second kappa shape index (κ2) is 9.82. The molecular formula is C21H21ClF2N2O3. The van der Waals surface area contributed by atoms with Crippen molar-refractivity contribution in [3.8, 4) is 0 Å². The van der Waals surface area contributed by atoms with Crippen LogP contribution in [0.15, 0.2) is 42.5 Å². The quantitative estimate of drug-likeness (QED) is 0.701. The van der Waals surface area contributed by atoms with Crippen molar-refractivity contribution in [1.82, 2.24) is 5.32 Å². The highest BCUT2D eigenvalue weighted by atomic mass is 35.5. The first-order chi connectivity index (χ1) is 14.0. The van der Waals surface area contributed by atoms with Crippen molar-refractivity contribution in [3.63, 3.8) is 0 Å². The largest absolute Gasteiger partial charge is 0.394 e. The molecule has 8 heteroatoms. The Bertz CT molecular complexity index is 901. The van der Waals surface area contributed by atoms with Gasteiger partial charge in [0.25, 0.3) is 0 Å². The van der Waals surface area contributed by atoms with Gasteiger partial charge in [0.2, 0.25) is 5.91 Å². The number of carbonyl (C=O) groups excluding carboxylic acids is 1. The van der Waals surface area contributed by atoms with Crippen molar-refractivity contribution in [2.45, 2.75) is 6.04 Å². The molecule has 0 aliphatic carbocycles. The fraction of sp³-hybridized carbons (Fsp3) is 0.286. The highest BCUT2D eigenvalue weighted by Gasteiger charge is 2.19. The Morgan fingerprint density at radius 2 is 2.00 bits per heavy atom. The zero-order chi connectivity index (χ0) is 20.8. The molecule has 0 radical (unpaired) electrons. The fourth-order valence-corrected chi connectivity index (χ4v) is 3.28. The van der Waals surface area contributed by atoms with Crippen LogP contribution in [0.2, 0.25) is 5.02 Å². The van der Waals surface area contributed by atoms with Crippen LogP contribution in [-0.2, 0) is 9.53 Å². The molecule has 1 heterocycles. The first-order valence-electron chi connectivity index (χ1n) is 9.14. The number of halogens is 3. The lowest BCUT2D eigenvalue weighted by Crippen LogP contribution is -2.37. The summed E-state index contributed by atoms with van der Waals surface area (Å²) in [6.07, 6.45) is 2.70. The standard InChI is InChI=1S/C21H21ClF2N2O3/c22-17-12-16(23)4-1-14(17)3-6-21(28)25-19(13-27)15-2-5-18(24)20(11-15)26-7-9-29-10-8-26/h1-6,11-12,19,27H,7-10,13H2,(H,25,28)/b6-3+/t19-/m0/s1. The number of hydrogen-bond acceptors (Lipinski definition) is 4. The second-order valence-electron chi connectivity index (χ2n) is 6.55. The summed E-state index contributed by atoms with van der Waals surface area (Å²) < 4.78 is 32.7. The maximum Gasteiger partial charge on any atom is 0.244 e. The lowest BCUT2D eigenvalue weighted by molar-refractivity contribution is -0.117. The zero-order valence-corrected chi connectivity index (χ0v) is 16.3. The Morgan fingerprint density at radius 3 is 2.69 bits per heavy atom. The topological polar surface area (TPSA) is 61.8 Å². The van der Waals surface area contributed by atoms with Gasteiger partial charge in [-0.25, -0.2) is 8.78 Å². The van der Waals surface area contributed by atoms with Crippen LogP contribution >= 0.6 is 11.6 Å². The number of anilines is 1. The minimum Gasteiger partial charge on any atom is -0.394 e. The second-order valence-corrected chi connectivity index (χ2v) is 6.96. The van der Waals surface area contributed by atoms with Gasteiger partial charge >= 0.3 is 0 Å². The smallest absolute Gasteiger partial charge is 0.244 e. The average molecular weight is 423 g/mol. The van der Waals surface area contributed by atoms with Crippen molar-refractivity contribution < 1.29 is 23.4 Å². The van der Waals surface area contributed by atoms with Gasteiger partial charge in [-0.1, -0.05) is 23.7 Å². The minimum atomic E-state index is -0.712. The predicted molar refractivity (Wildman–Crippen MR) is 108 cm³/mol. The first kappa shape index (κ1) is 21.2. The van der Waals surface area contributed by atoms with E-state index < -0.39 is 17.8 Å². The Balaban J connectivity index is 1.72. The molecule has 0 spiro atoms. The number of hydrogen-bond donors (Lipinski definition) is 2. The number of carbonyl (C=O) groups is 1. The third kappa shape index (κ3) is 5.53. The Hall–Kier alpha value is -2.48. The molecule has 1 aliphatic heterocycles. The molecule has 2 aromatic carbocycles. The number of morpholine rings is 1. The van der Waals surface area contributed by atoms with Gasteiger partial charge in [0.15, 0.2) is 0 Å². The lowest BCUT2D eigenvalue weighted by atomic mass is 10.1. The first-order valence-corrected chi connectivity index (χ1v) is 9.52. The molecule has 1 saturated heterocycles. The monoisotopic (exact) mass is 422 g/mol. The fourth-order valence-electron chi connectivity index (χ4n) is 3.05. The molecule has 1 amide bonds. The average Bonchev–Trinajstić information content (AvgIpc) is 2.72. The van der Waals surface area contributed by atoms with E-state index in [4.69, 9.17) is 16.3 Å². The molecule has 5 nitrogen and oxygen atoms in total. The molecule has 29 heavy (non-hydrogen) atoms. The normalized spacial score (nSPS) is 15.5. The van der Waals surface area contributed by atoms with Crippen molar-refractivity contribution in [2.75, 3.05) is 37.8 Å². The van der Waals surface area contributed by atoms with E-state index in [1.165, 1.54) is 36.4 Å². The third-order valence-corrected chi connectivity index (χ3v) is 4.93. The summed E-state index contributed by atoms with van der Waals surface area (Å²) in [6, 6.07) is 7.62. The van der Waals surface area contributed by atoms with E-state index in [0.29, 0.717) is 43.1 Å². The van der Waals surface area contributed by atoms with Crippen LogP contribution in [0.5, 0.6) is 0 Å². The summed E-state index contributed by atoms with van der Waals surface area (Å²) >= 11 is 5.94. The molecule has 3 rings (SSSR count). The number of nitrogens with one attached hydrogen (secondary N) is 1. The minimum absolute atomic E-state index is 0.182. The van der Waals surface area contributed by atoms with Crippen LogP contribution in [0.3, 0.4) is 0 Å². The van der Waals surface area contributed by atoms with Gasteiger partial charge in [-0.05, 0) is 41.5 Å². The molecule has 154 valence electrons. The molecule has 2 aromatic rings. The maximum atomic E-state index is 14.3. The van der Waals surface area contributed by atoms with E-state index in [1.807, 2.05) is 4.90 Å². The number of ether oxygens (including phenoxy) is 1. The number of nitrogens with zero attached hydrogens (tertiary/aromatic N) is 1. The number of benzene rings is 2. The zero-order valence-electron chi connectivity index (χ0n) is 15.6. The van der Waals surface area contributed by atoms with Gasteiger partial charge < -0.3 is 20.1 Å². The SMILES string of the molecule is O=C(/C=C/c1ccc(F)cc1Cl)N[C@@H](CO)c1ccc(F)c(N2CCOCC2)c1. The van der Waals surface area contributed by atoms with E-state index in [9.17, 15) is 18.7 Å². The van der Waals surface area contributed by atoms with E-state index in [1.54, 1.807) is 6.07 Å². The summed E-state index contributed by atoms with van der Waals surface area (Å²) in [5, 5.41) is 12.6. The Labute approximate surface area is 172 Å². The van der Waals surface area contributed by atoms with Crippen molar-refractivity contribution in [3.05, 3.63) is 70.3 Å². The maximum absolute atomic E-state index is 14.3. The summed E-state index contributed by atoms with van der Waals surface area (Å²) in [4.78, 5) is 14.1. The van der Waals surface area contributed by atoms with Gasteiger partial charge in [0, 0.05) is 19.2 Å².